The number of urea groups is 1. The van der Waals surface area contributed by atoms with Gasteiger partial charge in [-0.15, -0.1) is 0 Å². The number of nitrogens with zero attached hydrogens (tertiary/aromatic N) is 1. The van der Waals surface area contributed by atoms with Crippen LogP contribution in [0.5, 0.6) is 11.5 Å². The van der Waals surface area contributed by atoms with Crippen molar-refractivity contribution in [3.63, 3.8) is 0 Å². The van der Waals surface area contributed by atoms with Gasteiger partial charge in [-0.1, -0.05) is 23.7 Å². The van der Waals surface area contributed by atoms with Crippen molar-refractivity contribution in [2.45, 2.75) is 0 Å². The van der Waals surface area contributed by atoms with E-state index in [1.54, 1.807) is 6.07 Å². The number of imide groups is 2. The van der Waals surface area contributed by atoms with E-state index < -0.39 is 41.7 Å². The Balaban J connectivity index is 1.58. The Morgan fingerprint density at radius 3 is 2.53 bits per heavy atom. The molecule has 0 unspecified atom stereocenters. The number of phenolic OH excluding ortho intramolecular Hbond substituents is 1. The Hall–Kier alpha value is -4.70. The summed E-state index contributed by atoms with van der Waals surface area (Å²) in [5, 5.41) is 14.2. The molecule has 1 fully saturated rings. The number of rotatable bonds is 6. The molecule has 1 aliphatic rings. The molecule has 4 rings (SSSR count). The van der Waals surface area contributed by atoms with Crippen molar-refractivity contribution in [3.05, 3.63) is 88.7 Å². The number of ether oxygens (including phenoxy) is 1. The van der Waals surface area contributed by atoms with Crippen LogP contribution in [0.1, 0.15) is 5.56 Å². The van der Waals surface area contributed by atoms with Crippen LogP contribution in [0.2, 0.25) is 5.02 Å². The summed E-state index contributed by atoms with van der Waals surface area (Å²) in [5.41, 5.74) is -0.112. The first-order valence-electron chi connectivity index (χ1n) is 10.4. The van der Waals surface area contributed by atoms with Crippen molar-refractivity contribution in [3.8, 4) is 11.5 Å². The van der Waals surface area contributed by atoms with Gasteiger partial charge >= 0.3 is 6.03 Å². The Labute approximate surface area is 208 Å². The van der Waals surface area contributed by atoms with E-state index >= 15 is 0 Å². The van der Waals surface area contributed by atoms with Gasteiger partial charge in [-0.05, 0) is 60.7 Å². The lowest BCUT2D eigenvalue weighted by molar-refractivity contribution is -0.122. The van der Waals surface area contributed by atoms with Crippen molar-refractivity contribution >= 4 is 52.8 Å². The molecule has 0 aliphatic carbocycles. The van der Waals surface area contributed by atoms with Gasteiger partial charge in [-0.25, -0.2) is 14.1 Å². The maximum Gasteiger partial charge on any atom is 0.335 e. The summed E-state index contributed by atoms with van der Waals surface area (Å²) in [6.07, 6.45) is 1.17. The molecule has 5 amide bonds. The standard InChI is InChI=1S/C25H17ClFN3O6/c26-15-5-10-21(36-13-22(32)28-20-4-2-1-3-19(20)27)14(11-15)12-18-23(33)29-25(35)30(24(18)34)16-6-8-17(31)9-7-16/h1-12,31H,13H2,(H,28,32)(H,29,33,35)/b18-12-. The average Bonchev–Trinajstić information content (AvgIpc) is 2.84. The summed E-state index contributed by atoms with van der Waals surface area (Å²) in [4.78, 5) is 50.9. The number of nitrogens with one attached hydrogen (secondary N) is 2. The largest absolute Gasteiger partial charge is 0.508 e. The molecular weight excluding hydrogens is 493 g/mol. The molecule has 1 heterocycles. The van der Waals surface area contributed by atoms with Gasteiger partial charge in [0.1, 0.15) is 22.9 Å². The number of aromatic hydroxyl groups is 1. The SMILES string of the molecule is O=C(COc1ccc(Cl)cc1/C=C1/C(=O)NC(=O)N(c2ccc(O)cc2)C1=O)Nc1ccccc1F. The molecule has 36 heavy (non-hydrogen) atoms. The molecule has 0 spiro atoms. The second kappa shape index (κ2) is 10.3. The number of hydrogen-bond acceptors (Lipinski definition) is 6. The molecule has 1 saturated heterocycles. The number of carbonyl (C=O) groups is 4. The number of amides is 5. The molecule has 0 bridgehead atoms. The molecule has 3 N–H and O–H groups in total. The molecule has 0 radical (unpaired) electrons. The minimum Gasteiger partial charge on any atom is -0.508 e. The molecule has 3 aromatic carbocycles. The maximum absolute atomic E-state index is 13.8. The molecular formula is C25H17ClFN3O6. The molecule has 0 saturated carbocycles. The van der Waals surface area contributed by atoms with E-state index in [0.717, 1.165) is 4.90 Å². The monoisotopic (exact) mass is 509 g/mol. The zero-order valence-electron chi connectivity index (χ0n) is 18.3. The highest BCUT2D eigenvalue weighted by atomic mass is 35.5. The van der Waals surface area contributed by atoms with Crippen LogP contribution in [0.15, 0.2) is 72.3 Å². The predicted molar refractivity (Wildman–Crippen MR) is 129 cm³/mol. The quantitative estimate of drug-likeness (QED) is 0.342. The minimum atomic E-state index is -0.958. The van der Waals surface area contributed by atoms with E-state index in [4.69, 9.17) is 16.3 Å². The summed E-state index contributed by atoms with van der Waals surface area (Å²) in [5.74, 6) is -3.10. The van der Waals surface area contributed by atoms with Crippen molar-refractivity contribution in [1.82, 2.24) is 5.32 Å². The van der Waals surface area contributed by atoms with Gasteiger partial charge in [0.2, 0.25) is 0 Å². The zero-order valence-corrected chi connectivity index (χ0v) is 19.1. The molecule has 0 aromatic heterocycles. The van der Waals surface area contributed by atoms with E-state index in [2.05, 4.69) is 10.6 Å². The van der Waals surface area contributed by atoms with Gasteiger partial charge in [0.05, 0.1) is 11.4 Å². The normalized spacial score (nSPS) is 14.6. The number of benzene rings is 3. The fraction of sp³-hybridized carbons (Fsp3) is 0.0400. The third-order valence-electron chi connectivity index (χ3n) is 4.99. The van der Waals surface area contributed by atoms with Gasteiger partial charge in [0, 0.05) is 10.6 Å². The van der Waals surface area contributed by atoms with Gasteiger partial charge in [0.25, 0.3) is 17.7 Å². The Morgan fingerprint density at radius 2 is 1.81 bits per heavy atom. The maximum atomic E-state index is 13.8. The first-order chi connectivity index (χ1) is 17.2. The van der Waals surface area contributed by atoms with Crippen LogP contribution >= 0.6 is 11.6 Å². The molecule has 11 heteroatoms. The number of halogens is 2. The topological polar surface area (TPSA) is 125 Å². The van der Waals surface area contributed by atoms with Gasteiger partial charge < -0.3 is 15.2 Å². The Bertz CT molecular complexity index is 1410. The average molecular weight is 510 g/mol. The van der Waals surface area contributed by atoms with Gasteiger partial charge in [-0.3, -0.25) is 19.7 Å². The lowest BCUT2D eigenvalue weighted by Gasteiger charge is -2.26. The Morgan fingerprint density at radius 1 is 1.08 bits per heavy atom. The minimum absolute atomic E-state index is 0.0204. The van der Waals surface area contributed by atoms with Crippen LogP contribution in [0.25, 0.3) is 6.08 Å². The van der Waals surface area contributed by atoms with Crippen LogP contribution in [0.4, 0.5) is 20.6 Å². The predicted octanol–water partition coefficient (Wildman–Crippen LogP) is 3.87. The third-order valence-corrected chi connectivity index (χ3v) is 5.22. The van der Waals surface area contributed by atoms with Crippen LogP contribution in [-0.4, -0.2) is 35.5 Å². The van der Waals surface area contributed by atoms with Gasteiger partial charge in [-0.2, -0.15) is 0 Å². The summed E-state index contributed by atoms with van der Waals surface area (Å²) >= 11 is 6.08. The molecule has 3 aromatic rings. The number of phenols is 1. The fourth-order valence-corrected chi connectivity index (χ4v) is 3.49. The van der Waals surface area contributed by atoms with Crippen molar-refractivity contribution in [2.24, 2.45) is 0 Å². The highest BCUT2D eigenvalue weighted by molar-refractivity contribution is 6.39. The van der Waals surface area contributed by atoms with Crippen molar-refractivity contribution < 1.29 is 33.4 Å². The number of anilines is 2. The van der Waals surface area contributed by atoms with E-state index in [1.807, 2.05) is 0 Å². The molecule has 182 valence electrons. The van der Waals surface area contributed by atoms with E-state index in [1.165, 1.54) is 66.7 Å². The first kappa shape index (κ1) is 24.4. The van der Waals surface area contributed by atoms with Crippen molar-refractivity contribution in [2.75, 3.05) is 16.8 Å². The number of hydrogen-bond donors (Lipinski definition) is 3. The number of para-hydroxylation sites is 1. The highest BCUT2D eigenvalue weighted by Gasteiger charge is 2.37. The summed E-state index contributed by atoms with van der Waals surface area (Å²) in [6.45, 7) is -0.510. The summed E-state index contributed by atoms with van der Waals surface area (Å²) < 4.78 is 19.3. The van der Waals surface area contributed by atoms with Crippen LogP contribution in [-0.2, 0) is 14.4 Å². The zero-order chi connectivity index (χ0) is 25.8. The molecule has 9 nitrogen and oxygen atoms in total. The lowest BCUT2D eigenvalue weighted by atomic mass is 10.1. The molecule has 1 aliphatic heterocycles. The second-order valence-electron chi connectivity index (χ2n) is 7.47. The fourth-order valence-electron chi connectivity index (χ4n) is 3.30. The van der Waals surface area contributed by atoms with Crippen LogP contribution in [0.3, 0.4) is 0 Å². The third kappa shape index (κ3) is 5.34. The molecule has 0 atom stereocenters. The number of carbonyl (C=O) groups excluding carboxylic acids is 4. The lowest BCUT2D eigenvalue weighted by Crippen LogP contribution is -2.54. The van der Waals surface area contributed by atoms with Crippen LogP contribution < -0.4 is 20.3 Å². The highest BCUT2D eigenvalue weighted by Crippen LogP contribution is 2.28. The van der Waals surface area contributed by atoms with Crippen molar-refractivity contribution in [1.29, 1.82) is 0 Å². The van der Waals surface area contributed by atoms with Crippen LogP contribution in [0, 0.1) is 5.82 Å². The first-order valence-corrected chi connectivity index (χ1v) is 10.8. The summed E-state index contributed by atoms with van der Waals surface area (Å²) in [6, 6.07) is 14.2. The Kier molecular flexibility index (Phi) is 6.98. The summed E-state index contributed by atoms with van der Waals surface area (Å²) in [7, 11) is 0. The van der Waals surface area contributed by atoms with E-state index in [9.17, 15) is 28.7 Å². The van der Waals surface area contributed by atoms with E-state index in [-0.39, 0.29) is 33.5 Å². The van der Waals surface area contributed by atoms with E-state index in [0.29, 0.717) is 0 Å². The number of barbiturate groups is 1. The second-order valence-corrected chi connectivity index (χ2v) is 7.91. The smallest absolute Gasteiger partial charge is 0.335 e. The van der Waals surface area contributed by atoms with Gasteiger partial charge in [0.15, 0.2) is 6.61 Å².